The fourth-order valence-electron chi connectivity index (χ4n) is 24.7. The van der Waals surface area contributed by atoms with Crippen LogP contribution in [0.3, 0.4) is 0 Å². The molecule has 0 bridgehead atoms. The van der Waals surface area contributed by atoms with Crippen LogP contribution in [-0.4, -0.2) is 0 Å². The monoisotopic (exact) mass is 1830 g/mol. The summed E-state index contributed by atoms with van der Waals surface area (Å²) in [7, 11) is 0. The van der Waals surface area contributed by atoms with Crippen molar-refractivity contribution in [3.63, 3.8) is 0 Å². The Bertz CT molecular complexity index is 9510. The van der Waals surface area contributed by atoms with Crippen molar-refractivity contribution < 1.29 is 13.3 Å². The molecule has 0 aliphatic heterocycles. The molecule has 2 saturated carbocycles. The zero-order valence-corrected chi connectivity index (χ0v) is 80.1. The van der Waals surface area contributed by atoms with Gasteiger partial charge in [-0.25, -0.2) is 0 Å². The van der Waals surface area contributed by atoms with Gasteiger partial charge in [-0.15, -0.1) is 0 Å². The van der Waals surface area contributed by atoms with Crippen LogP contribution in [0, 0.1) is 27.7 Å². The van der Waals surface area contributed by atoms with Gasteiger partial charge in [-0.3, -0.25) is 0 Å². The predicted octanol–water partition coefficient (Wildman–Crippen LogP) is 40.2. The number of furan rings is 3. The summed E-state index contributed by atoms with van der Waals surface area (Å²) in [5.41, 5.74) is 31.0. The van der Waals surface area contributed by atoms with Crippen molar-refractivity contribution in [3.8, 4) is 33.4 Å². The molecule has 6 heteroatoms. The molecule has 0 saturated heterocycles. The molecule has 6 nitrogen and oxygen atoms in total. The first-order valence-electron chi connectivity index (χ1n) is 50.8. The third-order valence-electron chi connectivity index (χ3n) is 31.3. The number of aryl methyl sites for hydroxylation is 4. The molecule has 0 amide bonds. The zero-order chi connectivity index (χ0) is 94.3. The summed E-state index contributed by atoms with van der Waals surface area (Å²) in [5.74, 6) is 1.23. The lowest BCUT2D eigenvalue weighted by Crippen LogP contribution is -2.13. The third kappa shape index (κ3) is 14.3. The number of hydrogen-bond acceptors (Lipinski definition) is 6. The van der Waals surface area contributed by atoms with Crippen LogP contribution in [0.25, 0.3) is 196 Å². The number of para-hydroxylation sites is 8. The van der Waals surface area contributed by atoms with E-state index in [1.165, 1.54) is 212 Å². The lowest BCUT2D eigenvalue weighted by molar-refractivity contribution is 0.445. The summed E-state index contributed by atoms with van der Waals surface area (Å²) >= 11 is 0. The van der Waals surface area contributed by atoms with Crippen LogP contribution in [0.4, 0.5) is 51.2 Å². The molecule has 2 aliphatic carbocycles. The summed E-state index contributed by atoms with van der Waals surface area (Å²) in [6.07, 6.45) is 13.2. The first kappa shape index (κ1) is 84.5. The fraction of sp³-hybridized carbons (Fsp3) is 0.118. The van der Waals surface area contributed by atoms with Crippen molar-refractivity contribution in [2.45, 2.75) is 104 Å². The molecule has 2 aliphatic rings. The summed E-state index contributed by atoms with van der Waals surface area (Å²) in [5, 5.41) is 31.1. The molecule has 27 aromatic rings. The van der Waals surface area contributed by atoms with Crippen molar-refractivity contribution in [1.29, 1.82) is 0 Å². The second-order valence-corrected chi connectivity index (χ2v) is 39.8. The summed E-state index contributed by atoms with van der Waals surface area (Å²) in [6.45, 7) is 8.80. The molecular formula is C136H103N3O3. The van der Waals surface area contributed by atoms with Gasteiger partial charge in [0.15, 0.2) is 0 Å². The van der Waals surface area contributed by atoms with Gasteiger partial charge in [0.2, 0.25) is 0 Å². The normalized spacial score (nSPS) is 13.4. The van der Waals surface area contributed by atoms with Gasteiger partial charge in [0.25, 0.3) is 0 Å². The van der Waals surface area contributed by atoms with E-state index >= 15 is 0 Å². The second-order valence-electron chi connectivity index (χ2n) is 39.8. The van der Waals surface area contributed by atoms with Crippen LogP contribution >= 0.6 is 0 Å². The molecule has 0 spiro atoms. The Labute approximate surface area is 825 Å². The Morgan fingerprint density at radius 1 is 0.197 bits per heavy atom. The molecule has 0 radical (unpaired) electrons. The fourth-order valence-corrected chi connectivity index (χ4v) is 24.7. The quantitative estimate of drug-likeness (QED) is 0.101. The Hall–Kier alpha value is -16.8. The molecule has 142 heavy (non-hydrogen) atoms. The standard InChI is InChI=1S/C52H45NO.2C42H29NO/c1-4-13-34(14-5-1)40-29-25-37-26-30-44-47(35-15-6-2-7-16-35)33-48(46-32-31-43(40)50(37)51(44)46)53(38-17-8-3-9-18-38)39-27-23-36(24-28-39)41-20-12-21-45-42-19-10-11-22-49(42)54-52(41)45;1-26-23-27(2)25-33(24-26)43(38-22-18-31-14-13-29-7-5-8-30-17-21-37(38)41(31)40(29)30)32-19-15-28(16-20-32)34-10-6-11-36-35-9-3-4-12-39(35)44-42(34)36;1-26-15-16-29-19-22-33-27(2)25-38(37-24-23-32(26)40(29)41(33)37)43(30-9-4-3-5-10-30)31-20-17-28(18-21-31)34-12-8-13-36-35-11-6-7-14-39(35)44-42(34)36/h3,8-12,17-35H,1-2,4-7,13-16H2;2*3-25H,1-2H3. The highest BCUT2D eigenvalue weighted by atomic mass is 16.3. The number of rotatable bonds is 14. The van der Waals surface area contributed by atoms with Gasteiger partial charge in [0.1, 0.15) is 33.5 Å². The lowest BCUT2D eigenvalue weighted by atomic mass is 9.78. The van der Waals surface area contributed by atoms with E-state index in [0.29, 0.717) is 11.8 Å². The topological polar surface area (TPSA) is 49.1 Å². The number of fused-ring (bicyclic) bond motifs is 9. The van der Waals surface area contributed by atoms with Crippen molar-refractivity contribution >= 4 is 214 Å². The van der Waals surface area contributed by atoms with E-state index in [9.17, 15) is 0 Å². The van der Waals surface area contributed by atoms with E-state index in [1.54, 1.807) is 5.56 Å². The Morgan fingerprint density at radius 3 is 1.03 bits per heavy atom. The van der Waals surface area contributed by atoms with Crippen molar-refractivity contribution in [3.05, 3.63) is 452 Å². The highest BCUT2D eigenvalue weighted by Gasteiger charge is 2.30. The highest BCUT2D eigenvalue weighted by Crippen LogP contribution is 2.55. The summed E-state index contributed by atoms with van der Waals surface area (Å²) < 4.78 is 19.2. The lowest BCUT2D eigenvalue weighted by Gasteiger charge is -2.31. The van der Waals surface area contributed by atoms with Gasteiger partial charge in [0.05, 0.1) is 17.1 Å². The van der Waals surface area contributed by atoms with E-state index < -0.39 is 0 Å². The van der Waals surface area contributed by atoms with Gasteiger partial charge in [-0.1, -0.05) is 348 Å². The average molecular weight is 1830 g/mol. The van der Waals surface area contributed by atoms with E-state index in [1.807, 2.05) is 30.3 Å². The SMILES string of the molecule is Cc1cc(C)cc(N(c2ccc(-c3cccc4c3oc3ccccc34)cc2)c2ccc3ccc4cccc5ccc2c3c45)c1.Cc1ccc2ccc3c(C)cc(N(c4ccccc4)c4ccc(-c5cccc6c5oc5ccccc56)cc4)c4ccc1c2c34.c1ccc(N(c2ccc(-c3cccc4c3oc3ccccc34)cc2)c2cc(C3CCCCC3)c3ccc4ccc(C5CCCCC5)c5ccc2c3c45)cc1. The van der Waals surface area contributed by atoms with Crippen LogP contribution in [0.1, 0.15) is 109 Å². The number of benzene rings is 24. The van der Waals surface area contributed by atoms with Crippen molar-refractivity contribution in [1.82, 2.24) is 0 Å². The van der Waals surface area contributed by atoms with Gasteiger partial charge in [-0.2, -0.15) is 0 Å². The second kappa shape index (κ2) is 34.7. The number of hydrogen-bond donors (Lipinski definition) is 0. The van der Waals surface area contributed by atoms with Crippen LogP contribution in [0.15, 0.2) is 432 Å². The van der Waals surface area contributed by atoms with Crippen LogP contribution < -0.4 is 14.7 Å². The Morgan fingerprint density at radius 2 is 0.528 bits per heavy atom. The maximum absolute atomic E-state index is 6.47. The molecule has 0 atom stereocenters. The van der Waals surface area contributed by atoms with E-state index in [4.69, 9.17) is 13.3 Å². The van der Waals surface area contributed by atoms with Gasteiger partial charge in [-0.05, 0) is 305 Å². The molecule has 680 valence electrons. The smallest absolute Gasteiger partial charge is 0.143 e. The van der Waals surface area contributed by atoms with Crippen LogP contribution in [-0.2, 0) is 0 Å². The molecule has 3 aromatic heterocycles. The number of anilines is 9. The van der Waals surface area contributed by atoms with Crippen molar-refractivity contribution in [2.75, 3.05) is 14.7 Å². The predicted molar refractivity (Wildman–Crippen MR) is 603 cm³/mol. The molecule has 2 fully saturated rings. The molecular weight excluding hydrogens is 1720 g/mol. The van der Waals surface area contributed by atoms with Gasteiger partial charge >= 0.3 is 0 Å². The largest absolute Gasteiger partial charge is 0.455 e. The number of nitrogens with zero attached hydrogens (tertiary/aromatic N) is 3. The van der Waals surface area contributed by atoms with Gasteiger partial charge in [0, 0.05) is 99.3 Å². The van der Waals surface area contributed by atoms with Crippen LogP contribution in [0.2, 0.25) is 0 Å². The van der Waals surface area contributed by atoms with E-state index in [-0.39, 0.29) is 0 Å². The Balaban J connectivity index is 0.000000107. The minimum absolute atomic E-state index is 0.573. The maximum Gasteiger partial charge on any atom is 0.143 e. The Kier molecular flexibility index (Phi) is 20.6. The molecule has 0 unspecified atom stereocenters. The summed E-state index contributed by atoms with van der Waals surface area (Å²) in [6, 6.07) is 153. The highest BCUT2D eigenvalue weighted by molar-refractivity contribution is 6.30. The molecule has 0 N–H and O–H groups in total. The van der Waals surface area contributed by atoms with Crippen molar-refractivity contribution in [2.24, 2.45) is 0 Å². The summed E-state index contributed by atoms with van der Waals surface area (Å²) in [4.78, 5) is 7.33. The average Bonchev–Trinajstić information content (AvgIpc) is 1.54. The molecule has 24 aromatic carbocycles. The third-order valence-corrected chi connectivity index (χ3v) is 31.3. The zero-order valence-electron chi connectivity index (χ0n) is 80.1. The van der Waals surface area contributed by atoms with E-state index in [2.05, 4.69) is 431 Å². The van der Waals surface area contributed by atoms with Crippen LogP contribution in [0.5, 0.6) is 0 Å². The first-order valence-corrected chi connectivity index (χ1v) is 50.8. The maximum atomic E-state index is 6.47. The van der Waals surface area contributed by atoms with E-state index in [0.717, 1.165) is 128 Å². The molecule has 29 rings (SSSR count). The van der Waals surface area contributed by atoms with Gasteiger partial charge < -0.3 is 28.0 Å². The first-order chi connectivity index (χ1) is 70.1. The minimum Gasteiger partial charge on any atom is -0.455 e. The minimum atomic E-state index is 0.573. The molecule has 3 heterocycles.